The van der Waals surface area contributed by atoms with Crippen LogP contribution in [0, 0.1) is 0 Å². The number of esters is 1. The van der Waals surface area contributed by atoms with Crippen molar-refractivity contribution in [1.82, 2.24) is 4.98 Å². The monoisotopic (exact) mass is 284 g/mol. The van der Waals surface area contributed by atoms with Crippen LogP contribution >= 0.6 is 0 Å². The van der Waals surface area contributed by atoms with Crippen LogP contribution in [0.1, 0.15) is 17.3 Å². The van der Waals surface area contributed by atoms with Crippen LogP contribution in [0.25, 0.3) is 0 Å². The van der Waals surface area contributed by atoms with E-state index >= 15 is 0 Å². The van der Waals surface area contributed by atoms with Crippen LogP contribution < -0.4 is 4.74 Å². The van der Waals surface area contributed by atoms with Crippen LogP contribution in [0.5, 0.6) is 11.6 Å². The number of hydrogen-bond acceptors (Lipinski definition) is 6. The molecule has 1 aromatic carbocycles. The summed E-state index contributed by atoms with van der Waals surface area (Å²) in [7, 11) is 0. The second-order valence-electron chi connectivity index (χ2n) is 3.90. The van der Waals surface area contributed by atoms with Crippen molar-refractivity contribution in [3.63, 3.8) is 0 Å². The number of carbonyl (C=O) groups excluding carboxylic acids is 2. The maximum absolute atomic E-state index is 11.6. The first-order valence-electron chi connectivity index (χ1n) is 6.22. The largest absolute Gasteiger partial charge is 0.462 e. The van der Waals surface area contributed by atoms with Gasteiger partial charge in [0.15, 0.2) is 0 Å². The molecule has 1 aromatic heterocycles. The Labute approximate surface area is 121 Å². The van der Waals surface area contributed by atoms with E-state index in [-0.39, 0.29) is 5.88 Å². The zero-order valence-corrected chi connectivity index (χ0v) is 11.3. The third-order valence-corrected chi connectivity index (χ3v) is 2.48. The normalized spacial score (nSPS) is 9.57. The first-order chi connectivity index (χ1) is 10.2. The van der Waals surface area contributed by atoms with Crippen molar-refractivity contribution in [2.45, 2.75) is 6.92 Å². The molecule has 6 heteroatoms. The molecule has 0 aliphatic heterocycles. The van der Waals surface area contributed by atoms with Gasteiger partial charge >= 0.3 is 5.97 Å². The van der Waals surface area contributed by atoms with Crippen molar-refractivity contribution in [2.75, 3.05) is 6.61 Å². The number of ether oxygens (including phenoxy) is 2. The van der Waals surface area contributed by atoms with E-state index in [0.717, 1.165) is 0 Å². The molecule has 6 nitrogen and oxygen atoms in total. The van der Waals surface area contributed by atoms with E-state index in [2.05, 4.69) is 9.98 Å². The van der Waals surface area contributed by atoms with Gasteiger partial charge in [0.2, 0.25) is 12.0 Å². The minimum absolute atomic E-state index is 0.271. The Kier molecular flexibility index (Phi) is 4.79. The van der Waals surface area contributed by atoms with Gasteiger partial charge in [-0.15, -0.1) is 0 Å². The minimum atomic E-state index is -0.430. The number of hydrogen-bond donors (Lipinski definition) is 0. The van der Waals surface area contributed by atoms with E-state index in [1.807, 2.05) is 0 Å². The van der Waals surface area contributed by atoms with Gasteiger partial charge in [-0.05, 0) is 37.3 Å². The van der Waals surface area contributed by atoms with Gasteiger partial charge in [0.25, 0.3) is 0 Å². The second kappa shape index (κ2) is 6.98. The standard InChI is InChI=1S/C15H12N2O4/c1-2-20-15(19)11-7-8-16-14(9-11)21-13-5-3-12(4-6-13)17-10-18/h3-9H,2H2,1H3. The summed E-state index contributed by atoms with van der Waals surface area (Å²) in [6.07, 6.45) is 2.92. The predicted octanol–water partition coefficient (Wildman–Crippen LogP) is 3.02. The number of benzene rings is 1. The summed E-state index contributed by atoms with van der Waals surface area (Å²) in [5.41, 5.74) is 0.842. The minimum Gasteiger partial charge on any atom is -0.462 e. The Bertz CT molecular complexity index is 676. The van der Waals surface area contributed by atoms with Crippen molar-refractivity contribution in [3.8, 4) is 11.6 Å². The molecule has 0 aliphatic carbocycles. The molecule has 0 N–H and O–H groups in total. The van der Waals surface area contributed by atoms with Crippen LogP contribution in [-0.2, 0) is 9.53 Å². The quantitative estimate of drug-likeness (QED) is 0.479. The highest BCUT2D eigenvalue weighted by Gasteiger charge is 2.08. The summed E-state index contributed by atoms with van der Waals surface area (Å²) in [6, 6.07) is 9.52. The zero-order valence-electron chi connectivity index (χ0n) is 11.3. The zero-order chi connectivity index (χ0) is 15.1. The smallest absolute Gasteiger partial charge is 0.338 e. The molecule has 0 saturated heterocycles. The Hall–Kier alpha value is -2.98. The van der Waals surface area contributed by atoms with Crippen molar-refractivity contribution in [3.05, 3.63) is 48.2 Å². The van der Waals surface area contributed by atoms with Crippen molar-refractivity contribution < 1.29 is 19.1 Å². The number of pyridine rings is 1. The van der Waals surface area contributed by atoms with Gasteiger partial charge in [0, 0.05) is 12.3 Å². The molecule has 0 radical (unpaired) electrons. The van der Waals surface area contributed by atoms with E-state index in [1.165, 1.54) is 18.3 Å². The Morgan fingerprint density at radius 3 is 2.71 bits per heavy atom. The molecular weight excluding hydrogens is 272 g/mol. The summed E-state index contributed by atoms with van der Waals surface area (Å²) < 4.78 is 10.4. The summed E-state index contributed by atoms with van der Waals surface area (Å²) in [5.74, 6) is 0.348. The number of rotatable bonds is 5. The first-order valence-corrected chi connectivity index (χ1v) is 6.22. The average molecular weight is 284 g/mol. The van der Waals surface area contributed by atoms with Crippen LogP contribution in [0.4, 0.5) is 5.69 Å². The van der Waals surface area contributed by atoms with E-state index < -0.39 is 5.97 Å². The molecule has 2 rings (SSSR count). The molecule has 0 fully saturated rings. The molecule has 0 atom stereocenters. The maximum Gasteiger partial charge on any atom is 0.338 e. The van der Waals surface area contributed by atoms with E-state index in [9.17, 15) is 9.59 Å². The highest BCUT2D eigenvalue weighted by atomic mass is 16.5. The van der Waals surface area contributed by atoms with E-state index in [1.54, 1.807) is 37.3 Å². The van der Waals surface area contributed by atoms with Gasteiger partial charge in [0.1, 0.15) is 5.75 Å². The predicted molar refractivity (Wildman–Crippen MR) is 74.5 cm³/mol. The van der Waals surface area contributed by atoms with E-state index in [4.69, 9.17) is 9.47 Å². The molecule has 0 spiro atoms. The Morgan fingerprint density at radius 2 is 2.05 bits per heavy atom. The Balaban J connectivity index is 2.14. The van der Waals surface area contributed by atoms with Crippen LogP contribution in [0.3, 0.4) is 0 Å². The average Bonchev–Trinajstić information content (AvgIpc) is 2.50. The molecule has 0 bridgehead atoms. The van der Waals surface area contributed by atoms with Crippen LogP contribution in [-0.4, -0.2) is 23.6 Å². The Morgan fingerprint density at radius 1 is 1.29 bits per heavy atom. The van der Waals surface area contributed by atoms with Gasteiger partial charge in [-0.1, -0.05) is 0 Å². The SMILES string of the molecule is CCOC(=O)c1ccnc(Oc2ccc(N=C=O)cc2)c1. The molecule has 2 aromatic rings. The lowest BCUT2D eigenvalue weighted by molar-refractivity contribution is 0.0526. The lowest BCUT2D eigenvalue weighted by atomic mass is 10.2. The molecule has 21 heavy (non-hydrogen) atoms. The van der Waals surface area contributed by atoms with Crippen molar-refractivity contribution in [1.29, 1.82) is 0 Å². The third kappa shape index (κ3) is 3.99. The summed E-state index contributed by atoms with van der Waals surface area (Å²) in [5, 5.41) is 0. The fourth-order valence-corrected chi connectivity index (χ4v) is 1.57. The number of nitrogens with zero attached hydrogens (tertiary/aromatic N) is 2. The lowest BCUT2D eigenvalue weighted by Crippen LogP contribution is -2.04. The molecule has 0 unspecified atom stereocenters. The first kappa shape index (κ1) is 14.4. The maximum atomic E-state index is 11.6. The highest BCUT2D eigenvalue weighted by molar-refractivity contribution is 5.89. The number of aliphatic imine (C=N–C) groups is 1. The number of isocyanates is 1. The van der Waals surface area contributed by atoms with Gasteiger partial charge < -0.3 is 9.47 Å². The molecule has 106 valence electrons. The van der Waals surface area contributed by atoms with Gasteiger partial charge in [-0.25, -0.2) is 14.6 Å². The van der Waals surface area contributed by atoms with Crippen LogP contribution in [0.2, 0.25) is 0 Å². The topological polar surface area (TPSA) is 77.8 Å². The van der Waals surface area contributed by atoms with Gasteiger partial charge in [-0.3, -0.25) is 0 Å². The fourth-order valence-electron chi connectivity index (χ4n) is 1.57. The summed E-state index contributed by atoms with van der Waals surface area (Å²) in [6.45, 7) is 2.04. The summed E-state index contributed by atoms with van der Waals surface area (Å²) >= 11 is 0. The van der Waals surface area contributed by atoms with Crippen LogP contribution in [0.15, 0.2) is 47.6 Å². The highest BCUT2D eigenvalue weighted by Crippen LogP contribution is 2.23. The third-order valence-electron chi connectivity index (χ3n) is 2.48. The number of aromatic nitrogens is 1. The van der Waals surface area contributed by atoms with Gasteiger partial charge in [0.05, 0.1) is 17.9 Å². The van der Waals surface area contributed by atoms with Crippen molar-refractivity contribution >= 4 is 17.7 Å². The van der Waals surface area contributed by atoms with E-state index in [0.29, 0.717) is 23.6 Å². The molecule has 0 saturated carbocycles. The summed E-state index contributed by atoms with van der Waals surface area (Å²) in [4.78, 5) is 29.2. The molecule has 0 amide bonds. The van der Waals surface area contributed by atoms with Gasteiger partial charge in [-0.2, -0.15) is 4.99 Å². The van der Waals surface area contributed by atoms with Crippen molar-refractivity contribution in [2.24, 2.45) is 4.99 Å². The molecular formula is C15H12N2O4. The number of carbonyl (C=O) groups is 1. The molecule has 1 heterocycles. The fraction of sp³-hybridized carbons (Fsp3) is 0.133. The lowest BCUT2D eigenvalue weighted by Gasteiger charge is -2.06. The molecule has 0 aliphatic rings. The second-order valence-corrected chi connectivity index (χ2v) is 3.90.